The number of unbranched alkanes of at least 4 members (excludes halogenated alkanes) is 28. The number of hydrogen-bond acceptors (Lipinski definition) is 7. The highest BCUT2D eigenvalue weighted by molar-refractivity contribution is 5.71. The molecule has 0 aromatic carbocycles. The van der Waals surface area contributed by atoms with Crippen LogP contribution in [0.3, 0.4) is 0 Å². The van der Waals surface area contributed by atoms with Crippen LogP contribution in [-0.4, -0.2) is 87.4 Å². The van der Waals surface area contributed by atoms with Gasteiger partial charge in [0.15, 0.2) is 6.10 Å². The van der Waals surface area contributed by atoms with Gasteiger partial charge in [0.2, 0.25) is 0 Å². The minimum absolute atomic E-state index is 0.185. The summed E-state index contributed by atoms with van der Waals surface area (Å²) >= 11 is 0. The SMILES string of the molecule is CC/C=C\C/C=C\C/C=C\C/C=C\CCCCCCCCCCCCCCC(=O)OC(COC(=O)CCCCCCCCCCCCC/C=C\C/C=C\CCCCCCC)COC(OCC[N+](C)(C)C)C(=O)O. The molecule has 0 spiro atoms. The second kappa shape index (κ2) is 55.0. The summed E-state index contributed by atoms with van der Waals surface area (Å²) in [4.78, 5) is 37.5. The zero-order valence-electron chi connectivity index (χ0n) is 48.0. The number of hydrogen-bond donors (Lipinski definition) is 1. The van der Waals surface area contributed by atoms with Gasteiger partial charge in [0.05, 0.1) is 34.4 Å². The number of carboxylic acid groups (broad SMARTS) is 1. The number of rotatable bonds is 55. The van der Waals surface area contributed by atoms with Crippen LogP contribution in [0.25, 0.3) is 0 Å². The summed E-state index contributed by atoms with van der Waals surface area (Å²) in [5.41, 5.74) is 0. The van der Waals surface area contributed by atoms with Crippen LogP contribution in [-0.2, 0) is 33.3 Å². The lowest BCUT2D eigenvalue weighted by Crippen LogP contribution is -2.40. The van der Waals surface area contributed by atoms with Crippen molar-refractivity contribution >= 4 is 17.9 Å². The third-order valence-electron chi connectivity index (χ3n) is 12.9. The van der Waals surface area contributed by atoms with Gasteiger partial charge in [0.1, 0.15) is 13.2 Å². The van der Waals surface area contributed by atoms with Crippen LogP contribution in [0.5, 0.6) is 0 Å². The molecular formula is C64H114NO8+. The lowest BCUT2D eigenvalue weighted by molar-refractivity contribution is -0.870. The summed E-state index contributed by atoms with van der Waals surface area (Å²) in [6.45, 7) is 4.77. The number of carbonyl (C=O) groups is 3. The summed E-state index contributed by atoms with van der Waals surface area (Å²) in [6.07, 6.45) is 68.3. The van der Waals surface area contributed by atoms with E-state index >= 15 is 0 Å². The van der Waals surface area contributed by atoms with E-state index in [1.54, 1.807) is 0 Å². The Kier molecular flexibility index (Phi) is 52.5. The third-order valence-corrected chi connectivity index (χ3v) is 12.9. The molecule has 9 nitrogen and oxygen atoms in total. The first-order chi connectivity index (χ1) is 35.6. The molecule has 0 heterocycles. The zero-order valence-corrected chi connectivity index (χ0v) is 48.0. The molecule has 9 heteroatoms. The smallest absolute Gasteiger partial charge is 0.361 e. The van der Waals surface area contributed by atoms with Crippen molar-refractivity contribution in [3.63, 3.8) is 0 Å². The topological polar surface area (TPSA) is 108 Å². The zero-order chi connectivity index (χ0) is 53.4. The van der Waals surface area contributed by atoms with Gasteiger partial charge >= 0.3 is 17.9 Å². The van der Waals surface area contributed by atoms with Gasteiger partial charge in [-0.2, -0.15) is 0 Å². The fourth-order valence-corrected chi connectivity index (χ4v) is 8.33. The van der Waals surface area contributed by atoms with Crippen molar-refractivity contribution in [1.29, 1.82) is 0 Å². The minimum Gasteiger partial charge on any atom is -0.477 e. The summed E-state index contributed by atoms with van der Waals surface area (Å²) in [6, 6.07) is 0. The minimum atomic E-state index is -1.51. The molecule has 0 bridgehead atoms. The van der Waals surface area contributed by atoms with E-state index in [0.29, 0.717) is 17.4 Å². The second-order valence-corrected chi connectivity index (χ2v) is 21.3. The Morgan fingerprint density at radius 2 is 0.781 bits per heavy atom. The van der Waals surface area contributed by atoms with Gasteiger partial charge in [-0.1, -0.05) is 234 Å². The van der Waals surface area contributed by atoms with Crippen molar-refractivity contribution < 1.29 is 42.9 Å². The maximum atomic E-state index is 12.9. The van der Waals surface area contributed by atoms with Gasteiger partial charge in [-0.15, -0.1) is 0 Å². The Bertz CT molecular complexity index is 1420. The highest BCUT2D eigenvalue weighted by atomic mass is 16.7. The lowest BCUT2D eigenvalue weighted by Gasteiger charge is -2.25. The van der Waals surface area contributed by atoms with Gasteiger partial charge in [-0.25, -0.2) is 4.79 Å². The molecule has 0 radical (unpaired) electrons. The molecular weight excluding hydrogens is 911 g/mol. The molecule has 2 atom stereocenters. The van der Waals surface area contributed by atoms with Gasteiger partial charge in [0, 0.05) is 12.8 Å². The molecule has 0 aliphatic carbocycles. The first-order valence-corrected chi connectivity index (χ1v) is 30.1. The molecule has 2 unspecified atom stereocenters. The van der Waals surface area contributed by atoms with E-state index in [9.17, 15) is 19.5 Å². The Balaban J connectivity index is 4.23. The van der Waals surface area contributed by atoms with Crippen LogP contribution in [0, 0.1) is 0 Å². The fourth-order valence-electron chi connectivity index (χ4n) is 8.33. The molecule has 0 aliphatic rings. The van der Waals surface area contributed by atoms with Crippen LogP contribution < -0.4 is 0 Å². The van der Waals surface area contributed by atoms with E-state index in [-0.39, 0.29) is 32.2 Å². The molecule has 0 amide bonds. The summed E-state index contributed by atoms with van der Waals surface area (Å²) in [7, 11) is 5.97. The summed E-state index contributed by atoms with van der Waals surface area (Å²) < 4.78 is 22.9. The molecule has 0 fully saturated rings. The van der Waals surface area contributed by atoms with Crippen molar-refractivity contribution in [2.45, 2.75) is 270 Å². The highest BCUT2D eigenvalue weighted by Gasteiger charge is 2.25. The molecule has 0 saturated heterocycles. The first-order valence-electron chi connectivity index (χ1n) is 30.1. The molecule has 422 valence electrons. The number of allylic oxidation sites excluding steroid dienone is 12. The van der Waals surface area contributed by atoms with Crippen molar-refractivity contribution in [1.82, 2.24) is 0 Å². The Morgan fingerprint density at radius 3 is 1.16 bits per heavy atom. The average Bonchev–Trinajstić information content (AvgIpc) is 3.36. The largest absolute Gasteiger partial charge is 0.477 e. The molecule has 1 N–H and O–H groups in total. The lowest BCUT2D eigenvalue weighted by atomic mass is 10.0. The van der Waals surface area contributed by atoms with E-state index in [4.69, 9.17) is 18.9 Å². The van der Waals surface area contributed by atoms with Gasteiger partial charge < -0.3 is 28.5 Å². The maximum Gasteiger partial charge on any atom is 0.361 e. The number of quaternary nitrogens is 1. The quantitative estimate of drug-likeness (QED) is 0.0211. The standard InChI is InChI=1S/C64H113NO8/c1-6-8-10-12-14-16-18-20-22-24-26-28-30-31-33-35-37-39-41-43-45-47-49-51-53-55-62(67)73-60(59-72-64(63(68)69)70-57-56-65(3,4)5)58-71-61(66)54-52-50-48-46-44-42-40-38-36-34-32-29-27-25-23-21-19-17-15-13-11-9-7-2/h8,10,14,16,19-22,25-28,60,64H,6-7,9,11-13,15,17-18,23-24,29-59H2,1-5H3/p+1/b10-8-,16-14-,21-19-,22-20-,27-25-,28-26-. The van der Waals surface area contributed by atoms with Crippen molar-refractivity contribution in [2.24, 2.45) is 0 Å². The maximum absolute atomic E-state index is 12.9. The number of carbonyl (C=O) groups excluding carboxylic acids is 2. The van der Waals surface area contributed by atoms with Crippen LogP contribution in [0.2, 0.25) is 0 Å². The van der Waals surface area contributed by atoms with Crippen LogP contribution in [0.1, 0.15) is 258 Å². The van der Waals surface area contributed by atoms with Gasteiger partial charge in [0.25, 0.3) is 6.29 Å². The predicted octanol–water partition coefficient (Wildman–Crippen LogP) is 17.8. The second-order valence-electron chi connectivity index (χ2n) is 21.3. The number of carboxylic acids is 1. The molecule has 0 rings (SSSR count). The molecule has 0 saturated carbocycles. The normalized spacial score (nSPS) is 13.3. The Hall–Kier alpha value is -3.27. The predicted molar refractivity (Wildman–Crippen MR) is 309 cm³/mol. The molecule has 0 aromatic heterocycles. The third kappa shape index (κ3) is 56.3. The monoisotopic (exact) mass is 1020 g/mol. The average molecular weight is 1030 g/mol. The van der Waals surface area contributed by atoms with E-state index in [0.717, 1.165) is 77.0 Å². The number of nitrogens with zero attached hydrogens (tertiary/aromatic N) is 1. The first kappa shape index (κ1) is 69.7. The van der Waals surface area contributed by atoms with Crippen LogP contribution >= 0.6 is 0 Å². The Labute approximate surface area is 449 Å². The van der Waals surface area contributed by atoms with Gasteiger partial charge in [-0.05, 0) is 83.5 Å². The van der Waals surface area contributed by atoms with Crippen molar-refractivity contribution in [2.75, 3.05) is 47.5 Å². The van der Waals surface area contributed by atoms with Crippen molar-refractivity contribution in [3.05, 3.63) is 72.9 Å². The van der Waals surface area contributed by atoms with Crippen LogP contribution in [0.4, 0.5) is 0 Å². The summed E-state index contributed by atoms with van der Waals surface area (Å²) in [5.74, 6) is -2.00. The molecule has 0 aliphatic heterocycles. The number of esters is 2. The summed E-state index contributed by atoms with van der Waals surface area (Å²) in [5, 5.41) is 9.71. The van der Waals surface area contributed by atoms with Crippen molar-refractivity contribution in [3.8, 4) is 0 Å². The van der Waals surface area contributed by atoms with Gasteiger partial charge in [-0.3, -0.25) is 9.59 Å². The van der Waals surface area contributed by atoms with Crippen LogP contribution in [0.15, 0.2) is 72.9 Å². The molecule has 73 heavy (non-hydrogen) atoms. The van der Waals surface area contributed by atoms with E-state index < -0.39 is 24.3 Å². The molecule has 0 aromatic rings. The fraction of sp³-hybridized carbons (Fsp3) is 0.766. The highest BCUT2D eigenvalue weighted by Crippen LogP contribution is 2.16. The number of likely N-dealkylation sites (N-methyl/N-ethyl adjacent to an activating group) is 1. The van der Waals surface area contributed by atoms with E-state index in [1.807, 2.05) is 21.1 Å². The number of ether oxygens (including phenoxy) is 4. The van der Waals surface area contributed by atoms with E-state index in [1.165, 1.54) is 154 Å². The Morgan fingerprint density at radius 1 is 0.425 bits per heavy atom. The number of aliphatic carboxylic acids is 1. The van der Waals surface area contributed by atoms with E-state index in [2.05, 4.69) is 86.8 Å².